The highest BCUT2D eigenvalue weighted by molar-refractivity contribution is 7.30. The molecule has 0 N–H and O–H groups in total. The highest BCUT2D eigenvalue weighted by atomic mass is 16.2. The van der Waals surface area contributed by atoms with Crippen molar-refractivity contribution in [1.29, 1.82) is 0 Å². The van der Waals surface area contributed by atoms with Crippen LogP contribution in [-0.4, -0.2) is 67.7 Å². The maximum Gasteiger partial charge on any atom is 0.233 e. The van der Waals surface area contributed by atoms with E-state index in [-0.39, 0.29) is 70.8 Å². The molecule has 7 aliphatic rings. The maximum atomic E-state index is 14.4. The van der Waals surface area contributed by atoms with Crippen LogP contribution in [0.25, 0.3) is 0 Å². The lowest BCUT2D eigenvalue weighted by molar-refractivity contribution is -0.145. The lowest BCUT2D eigenvalue weighted by Gasteiger charge is -2.42. The minimum absolute atomic E-state index is 0.0556. The molecule has 167 valence electrons. The van der Waals surface area contributed by atoms with Gasteiger partial charge in [0.2, 0.25) is 30.4 Å². The van der Waals surface area contributed by atoms with E-state index in [1.54, 1.807) is 13.9 Å². The van der Waals surface area contributed by atoms with Gasteiger partial charge in [-0.1, -0.05) is 6.82 Å². The molecule has 2 saturated heterocycles. The van der Waals surface area contributed by atoms with Gasteiger partial charge in [0.05, 0.1) is 30.7 Å². The zero-order valence-electron chi connectivity index (χ0n) is 19.0. The Labute approximate surface area is 195 Å². The summed E-state index contributed by atoms with van der Waals surface area (Å²) in [6.45, 7) is 1.31. The van der Waals surface area contributed by atoms with E-state index >= 15 is 0 Å². The Morgan fingerprint density at radius 3 is 1.82 bits per heavy atom. The number of fused-ring (bicyclic) bond motifs is 12. The molecule has 2 heterocycles. The third-order valence-electron chi connectivity index (χ3n) is 11.3. The van der Waals surface area contributed by atoms with Gasteiger partial charge in [0, 0.05) is 25.6 Å². The number of imide groups is 2. The van der Waals surface area contributed by atoms with E-state index in [4.69, 9.17) is 7.74 Å². The number of likely N-dealkylation sites (tertiary alicyclic amines) is 1. The fourth-order valence-corrected chi connectivity index (χ4v) is 10.2. The Kier molecular flexibility index (Phi) is 3.75. The number of hydrogen-bond acceptors (Lipinski definition) is 5. The average Bonchev–Trinajstić information content (AvgIpc) is 3.63. The Morgan fingerprint density at radius 1 is 0.818 bits per heavy atom. The van der Waals surface area contributed by atoms with E-state index in [0.717, 1.165) is 25.7 Å². The van der Waals surface area contributed by atoms with Gasteiger partial charge in [0.1, 0.15) is 5.78 Å². The normalized spacial score (nSPS) is 51.2. The van der Waals surface area contributed by atoms with E-state index in [2.05, 4.69) is 0 Å². The second kappa shape index (κ2) is 6.03. The minimum atomic E-state index is -0.551. The summed E-state index contributed by atoms with van der Waals surface area (Å²) in [6, 6.07) is 0. The van der Waals surface area contributed by atoms with Crippen molar-refractivity contribution < 1.29 is 24.0 Å². The van der Waals surface area contributed by atoms with Gasteiger partial charge in [-0.05, 0) is 62.2 Å². The van der Waals surface area contributed by atoms with Gasteiger partial charge >= 0.3 is 0 Å². The van der Waals surface area contributed by atoms with Crippen LogP contribution in [-0.2, 0) is 24.0 Å². The summed E-state index contributed by atoms with van der Waals surface area (Å²) in [6.07, 6.45) is 4.44. The van der Waals surface area contributed by atoms with Gasteiger partial charge in [-0.25, -0.2) is 0 Å². The summed E-state index contributed by atoms with van der Waals surface area (Å²) >= 11 is 0. The molecular formula is C23H26B3N2O5. The van der Waals surface area contributed by atoms with E-state index < -0.39 is 23.5 Å². The molecular weight excluding hydrogens is 417 g/mol. The molecule has 7 nitrogen and oxygen atoms in total. The third-order valence-corrected chi connectivity index (χ3v) is 11.3. The second-order valence-corrected chi connectivity index (χ2v) is 12.1. The molecule has 3 unspecified atom stereocenters. The number of rotatable bonds is 2. The van der Waals surface area contributed by atoms with Crippen LogP contribution in [0.4, 0.5) is 0 Å². The van der Waals surface area contributed by atoms with Gasteiger partial charge < -0.3 is 4.81 Å². The molecule has 0 aromatic carbocycles. The SMILES string of the molecule is [B][B]B(C)N1C(=O)C2[C@@H](C1=O)[C@H]1C[C@@H]2[C@]2(CC[C@]3(CC4C[C@@H]3[C@@H]3C(=O)N(C)C(=O)C43)C2=O)C1. The Morgan fingerprint density at radius 2 is 1.27 bits per heavy atom. The van der Waals surface area contributed by atoms with Crippen molar-refractivity contribution in [2.75, 3.05) is 7.05 Å². The molecule has 10 atom stereocenters. The van der Waals surface area contributed by atoms with Crippen molar-refractivity contribution in [2.45, 2.75) is 45.3 Å². The summed E-state index contributed by atoms with van der Waals surface area (Å²) in [4.78, 5) is 69.1. The summed E-state index contributed by atoms with van der Waals surface area (Å²) in [7, 11) is 8.60. The van der Waals surface area contributed by atoms with Crippen LogP contribution in [0.15, 0.2) is 0 Å². The van der Waals surface area contributed by atoms with Crippen molar-refractivity contribution in [3.8, 4) is 0 Å². The molecule has 2 aliphatic heterocycles. The Hall–Kier alpha value is -1.86. The van der Waals surface area contributed by atoms with Crippen LogP contribution in [0.3, 0.4) is 0 Å². The van der Waals surface area contributed by atoms with Gasteiger partial charge in [-0.15, -0.1) is 0 Å². The van der Waals surface area contributed by atoms with Crippen LogP contribution in [0.1, 0.15) is 38.5 Å². The first-order chi connectivity index (χ1) is 15.7. The highest BCUT2D eigenvalue weighted by Crippen LogP contribution is 2.75. The molecule has 2 spiro atoms. The van der Waals surface area contributed by atoms with Crippen LogP contribution in [0, 0.1) is 58.2 Å². The molecule has 4 amide bonds. The van der Waals surface area contributed by atoms with E-state index in [1.165, 1.54) is 16.8 Å². The number of nitrogens with zero attached hydrogens (tertiary/aromatic N) is 2. The number of hydrogen-bond donors (Lipinski definition) is 0. The zero-order valence-corrected chi connectivity index (χ0v) is 19.0. The smallest absolute Gasteiger partial charge is 0.233 e. The number of ketones is 1. The van der Waals surface area contributed by atoms with E-state index in [9.17, 15) is 24.0 Å². The molecule has 7 rings (SSSR count). The fourth-order valence-electron chi connectivity index (χ4n) is 10.2. The maximum absolute atomic E-state index is 14.4. The molecule has 5 aliphatic carbocycles. The van der Waals surface area contributed by atoms with Crippen molar-refractivity contribution in [3.63, 3.8) is 0 Å². The number of carbonyl (C=O) groups excluding carboxylic acids is 5. The zero-order chi connectivity index (χ0) is 23.2. The summed E-state index contributed by atoms with van der Waals surface area (Å²) in [5, 5.41) is 0. The molecule has 4 bridgehead atoms. The summed E-state index contributed by atoms with van der Waals surface area (Å²) in [5.74, 6) is -1.51. The molecule has 5 saturated carbocycles. The monoisotopic (exact) mass is 443 g/mol. The Balaban J connectivity index is 1.22. The van der Waals surface area contributed by atoms with E-state index in [1.807, 2.05) is 0 Å². The van der Waals surface area contributed by atoms with Gasteiger partial charge in [-0.2, -0.15) is 0 Å². The average molecular weight is 443 g/mol. The second-order valence-electron chi connectivity index (χ2n) is 12.1. The van der Waals surface area contributed by atoms with Crippen LogP contribution in [0.2, 0.25) is 6.82 Å². The van der Waals surface area contributed by atoms with Crippen LogP contribution < -0.4 is 0 Å². The van der Waals surface area contributed by atoms with Gasteiger partial charge in [0.15, 0.2) is 0 Å². The predicted octanol–water partition coefficient (Wildman–Crippen LogP) is 0.140. The fraction of sp³-hybridized carbons (Fsp3) is 0.783. The lowest BCUT2D eigenvalue weighted by atomic mass is 9.20. The first-order valence-electron chi connectivity index (χ1n) is 12.5. The summed E-state index contributed by atoms with van der Waals surface area (Å²) < 4.78 is 0. The van der Waals surface area contributed by atoms with Crippen LogP contribution in [0.5, 0.6) is 0 Å². The first kappa shape index (κ1) is 20.5. The third kappa shape index (κ3) is 2.00. The Bertz CT molecular complexity index is 1070. The molecule has 10 heteroatoms. The minimum Gasteiger partial charge on any atom is -0.338 e. The molecule has 0 aromatic rings. The van der Waals surface area contributed by atoms with Crippen molar-refractivity contribution in [1.82, 2.24) is 9.71 Å². The highest BCUT2D eigenvalue weighted by Gasteiger charge is 2.78. The quantitative estimate of drug-likeness (QED) is 0.448. The van der Waals surface area contributed by atoms with Crippen molar-refractivity contribution >= 4 is 50.9 Å². The van der Waals surface area contributed by atoms with Gasteiger partial charge in [0.25, 0.3) is 0 Å². The molecule has 0 aromatic heterocycles. The number of amides is 4. The standard InChI is InChI=1S/C23H26B3N2O5/c1-26(25-24)28-19(31)14-10-6-12(16(14)20(28)32)23(8-10)4-3-22(21(23)33)7-9-5-11(22)15-13(9)17(29)27(2)18(15)30/h9-16H,3-8H2,1-2H3/t9?,10-,11+,12-,13?,14-,15-,16?,22+,23-/m0/s1. The molecule has 7 fully saturated rings. The lowest BCUT2D eigenvalue weighted by Crippen LogP contribution is -2.49. The summed E-state index contributed by atoms with van der Waals surface area (Å²) in [5.41, 5.74) is -1.08. The topological polar surface area (TPSA) is 91.8 Å². The van der Waals surface area contributed by atoms with Crippen LogP contribution >= 0.6 is 0 Å². The van der Waals surface area contributed by atoms with Crippen molar-refractivity contribution in [2.24, 2.45) is 58.2 Å². The molecule has 3 radical (unpaired) electrons. The van der Waals surface area contributed by atoms with E-state index in [0.29, 0.717) is 12.8 Å². The number of Topliss-reactive ketones (excluding diaryl/α,β-unsaturated/α-hetero) is 1. The largest absolute Gasteiger partial charge is 0.338 e. The predicted molar refractivity (Wildman–Crippen MR) is 118 cm³/mol. The number of carbonyl (C=O) groups is 5. The van der Waals surface area contributed by atoms with Gasteiger partial charge in [-0.3, -0.25) is 28.9 Å². The molecule has 33 heavy (non-hydrogen) atoms. The van der Waals surface area contributed by atoms with Crippen molar-refractivity contribution in [3.05, 3.63) is 0 Å². The first-order valence-corrected chi connectivity index (χ1v) is 12.5.